The Kier molecular flexibility index (Phi) is 4.58. The number of carbonyl (C=O) groups excluding carboxylic acids is 1. The van der Waals surface area contributed by atoms with Gasteiger partial charge in [-0.1, -0.05) is 11.6 Å². The van der Waals surface area contributed by atoms with Crippen LogP contribution in [0.15, 0.2) is 16.6 Å². The summed E-state index contributed by atoms with van der Waals surface area (Å²) in [6.07, 6.45) is 0. The minimum absolute atomic E-state index is 0.111. The number of nitrogens with one attached hydrogen (secondary N) is 2. The number of aryl methyl sites for hydroxylation is 1. The van der Waals surface area contributed by atoms with E-state index in [2.05, 4.69) is 26.6 Å². The molecule has 0 fully saturated rings. The second-order valence-corrected chi connectivity index (χ2v) is 5.67. The standard InChI is InChI=1S/C12H16BrClN2O/c1-7-5-8(13)10(6-9(7)14)16-11(17)12(2,3)15-4/h5-6,15H,1-4H3,(H,16,17). The van der Waals surface area contributed by atoms with Gasteiger partial charge in [-0.15, -0.1) is 0 Å². The molecule has 2 N–H and O–H groups in total. The van der Waals surface area contributed by atoms with Crippen molar-refractivity contribution in [1.29, 1.82) is 0 Å². The van der Waals surface area contributed by atoms with Crippen LogP contribution in [0.1, 0.15) is 19.4 Å². The Morgan fingerprint density at radius 2 is 2.00 bits per heavy atom. The first kappa shape index (κ1) is 14.5. The van der Waals surface area contributed by atoms with Gasteiger partial charge in [0.25, 0.3) is 0 Å². The summed E-state index contributed by atoms with van der Waals surface area (Å²) >= 11 is 9.43. The van der Waals surface area contributed by atoms with E-state index >= 15 is 0 Å². The summed E-state index contributed by atoms with van der Waals surface area (Å²) in [7, 11) is 1.75. The number of hydrogen-bond donors (Lipinski definition) is 2. The van der Waals surface area contributed by atoms with Gasteiger partial charge in [0.05, 0.1) is 11.2 Å². The van der Waals surface area contributed by atoms with Crippen molar-refractivity contribution in [2.45, 2.75) is 26.3 Å². The molecule has 0 saturated carbocycles. The van der Waals surface area contributed by atoms with E-state index in [0.717, 1.165) is 10.0 Å². The molecule has 3 nitrogen and oxygen atoms in total. The van der Waals surface area contributed by atoms with Crippen LogP contribution < -0.4 is 10.6 Å². The molecule has 0 unspecified atom stereocenters. The maximum Gasteiger partial charge on any atom is 0.244 e. The van der Waals surface area contributed by atoms with Gasteiger partial charge in [0, 0.05) is 9.50 Å². The zero-order valence-corrected chi connectivity index (χ0v) is 12.7. The lowest BCUT2D eigenvalue weighted by molar-refractivity contribution is -0.121. The lowest BCUT2D eigenvalue weighted by Crippen LogP contribution is -2.47. The van der Waals surface area contributed by atoms with E-state index in [1.54, 1.807) is 13.1 Å². The van der Waals surface area contributed by atoms with E-state index in [-0.39, 0.29) is 5.91 Å². The van der Waals surface area contributed by atoms with Crippen LogP contribution in [0, 0.1) is 6.92 Å². The maximum absolute atomic E-state index is 12.0. The predicted molar refractivity (Wildman–Crippen MR) is 75.7 cm³/mol. The molecule has 0 radical (unpaired) electrons. The first-order chi connectivity index (χ1) is 7.77. The van der Waals surface area contributed by atoms with Gasteiger partial charge < -0.3 is 10.6 Å². The molecule has 0 bridgehead atoms. The zero-order chi connectivity index (χ0) is 13.2. The minimum atomic E-state index is -0.628. The van der Waals surface area contributed by atoms with Gasteiger partial charge in [-0.05, 0) is 61.4 Å². The molecule has 0 atom stereocenters. The van der Waals surface area contributed by atoms with Gasteiger partial charge in [-0.2, -0.15) is 0 Å². The third-order valence-corrected chi connectivity index (χ3v) is 3.75. The van der Waals surface area contributed by atoms with Crippen LogP contribution in [0.4, 0.5) is 5.69 Å². The number of carbonyl (C=O) groups is 1. The molecule has 1 aromatic carbocycles. The summed E-state index contributed by atoms with van der Waals surface area (Å²) in [5.41, 5.74) is 1.01. The van der Waals surface area contributed by atoms with Crippen LogP contribution in [0.5, 0.6) is 0 Å². The number of anilines is 1. The Labute approximate surface area is 115 Å². The van der Waals surface area contributed by atoms with Crippen molar-refractivity contribution < 1.29 is 4.79 Å². The van der Waals surface area contributed by atoms with Crippen molar-refractivity contribution >= 4 is 39.1 Å². The quantitative estimate of drug-likeness (QED) is 0.897. The summed E-state index contributed by atoms with van der Waals surface area (Å²) in [4.78, 5) is 12.0. The van der Waals surface area contributed by atoms with Gasteiger partial charge in [0.15, 0.2) is 0 Å². The highest BCUT2D eigenvalue weighted by Gasteiger charge is 2.25. The van der Waals surface area contributed by atoms with Crippen molar-refractivity contribution in [3.8, 4) is 0 Å². The van der Waals surface area contributed by atoms with Crippen molar-refractivity contribution in [3.05, 3.63) is 27.2 Å². The summed E-state index contributed by atoms with van der Waals surface area (Å²) in [5, 5.41) is 6.41. The van der Waals surface area contributed by atoms with E-state index in [0.29, 0.717) is 10.7 Å². The lowest BCUT2D eigenvalue weighted by atomic mass is 10.1. The van der Waals surface area contributed by atoms with Gasteiger partial charge >= 0.3 is 0 Å². The highest BCUT2D eigenvalue weighted by atomic mass is 79.9. The highest BCUT2D eigenvalue weighted by Crippen LogP contribution is 2.29. The summed E-state index contributed by atoms with van der Waals surface area (Å²) in [6.45, 7) is 5.54. The fraction of sp³-hybridized carbons (Fsp3) is 0.417. The van der Waals surface area contributed by atoms with E-state index in [1.165, 1.54) is 0 Å². The molecule has 0 aliphatic rings. The van der Waals surface area contributed by atoms with Crippen LogP contribution >= 0.6 is 27.5 Å². The number of amides is 1. The Hall–Kier alpha value is -0.580. The van der Waals surface area contributed by atoms with Gasteiger partial charge in [-0.25, -0.2) is 0 Å². The molecule has 0 aromatic heterocycles. The largest absolute Gasteiger partial charge is 0.323 e. The Morgan fingerprint density at radius 3 is 2.53 bits per heavy atom. The van der Waals surface area contributed by atoms with Crippen LogP contribution in [0.3, 0.4) is 0 Å². The lowest BCUT2D eigenvalue weighted by Gasteiger charge is -2.23. The number of benzene rings is 1. The second kappa shape index (κ2) is 5.38. The molecule has 5 heteroatoms. The third-order valence-electron chi connectivity index (χ3n) is 2.69. The Morgan fingerprint density at radius 1 is 1.41 bits per heavy atom. The first-order valence-electron chi connectivity index (χ1n) is 5.24. The van der Waals surface area contributed by atoms with E-state index in [9.17, 15) is 4.79 Å². The molecule has 17 heavy (non-hydrogen) atoms. The number of hydrogen-bond acceptors (Lipinski definition) is 2. The molecule has 0 aliphatic heterocycles. The van der Waals surface area contributed by atoms with Crippen molar-refractivity contribution in [1.82, 2.24) is 5.32 Å². The molecule has 1 amide bonds. The molecule has 0 aliphatic carbocycles. The van der Waals surface area contributed by atoms with Crippen molar-refractivity contribution in [2.24, 2.45) is 0 Å². The molecular weight excluding hydrogens is 304 g/mol. The van der Waals surface area contributed by atoms with Crippen LogP contribution in [0.2, 0.25) is 5.02 Å². The summed E-state index contributed by atoms with van der Waals surface area (Å²) < 4.78 is 0.819. The number of halogens is 2. The topological polar surface area (TPSA) is 41.1 Å². The third kappa shape index (κ3) is 3.44. The molecule has 94 valence electrons. The van der Waals surface area contributed by atoms with E-state index < -0.39 is 5.54 Å². The first-order valence-corrected chi connectivity index (χ1v) is 6.41. The average molecular weight is 320 g/mol. The van der Waals surface area contributed by atoms with Gasteiger partial charge in [-0.3, -0.25) is 4.79 Å². The van der Waals surface area contributed by atoms with E-state index in [1.807, 2.05) is 26.8 Å². The summed E-state index contributed by atoms with van der Waals surface area (Å²) in [5.74, 6) is -0.111. The van der Waals surface area contributed by atoms with Crippen LogP contribution in [-0.2, 0) is 4.79 Å². The molecule has 0 heterocycles. The average Bonchev–Trinajstić information content (AvgIpc) is 2.25. The molecular formula is C12H16BrClN2O. The number of rotatable bonds is 3. The van der Waals surface area contributed by atoms with Crippen molar-refractivity contribution in [3.63, 3.8) is 0 Å². The van der Waals surface area contributed by atoms with Crippen LogP contribution in [-0.4, -0.2) is 18.5 Å². The monoisotopic (exact) mass is 318 g/mol. The molecule has 0 saturated heterocycles. The second-order valence-electron chi connectivity index (χ2n) is 4.41. The fourth-order valence-corrected chi connectivity index (χ4v) is 1.85. The number of likely N-dealkylation sites (N-methyl/N-ethyl adjacent to an activating group) is 1. The zero-order valence-electron chi connectivity index (χ0n) is 10.3. The molecule has 1 rings (SSSR count). The Bertz CT molecular complexity index is 446. The van der Waals surface area contributed by atoms with Gasteiger partial charge in [0.1, 0.15) is 0 Å². The normalized spacial score (nSPS) is 11.4. The van der Waals surface area contributed by atoms with Crippen molar-refractivity contribution in [2.75, 3.05) is 12.4 Å². The van der Waals surface area contributed by atoms with Crippen LogP contribution in [0.25, 0.3) is 0 Å². The fourth-order valence-electron chi connectivity index (χ4n) is 1.13. The van der Waals surface area contributed by atoms with E-state index in [4.69, 9.17) is 11.6 Å². The maximum atomic E-state index is 12.0. The smallest absolute Gasteiger partial charge is 0.244 e. The minimum Gasteiger partial charge on any atom is -0.323 e. The summed E-state index contributed by atoms with van der Waals surface area (Å²) in [6, 6.07) is 3.62. The highest BCUT2D eigenvalue weighted by molar-refractivity contribution is 9.10. The Balaban J connectivity index is 2.97. The predicted octanol–water partition coefficient (Wildman–Crippen LogP) is 3.35. The SMILES string of the molecule is CNC(C)(C)C(=O)Nc1cc(Cl)c(C)cc1Br. The molecule has 1 aromatic rings. The van der Waals surface area contributed by atoms with Gasteiger partial charge in [0.2, 0.25) is 5.91 Å². The molecule has 0 spiro atoms.